The number of esters is 1. The number of nitrogens with zero attached hydrogens (tertiary/aromatic N) is 4. The highest BCUT2D eigenvalue weighted by Gasteiger charge is 2.25. The largest absolute Gasteiger partial charge is 0.460 e. The summed E-state index contributed by atoms with van der Waals surface area (Å²) >= 11 is 0. The maximum absolute atomic E-state index is 13.1. The third-order valence-electron chi connectivity index (χ3n) is 5.84. The Bertz CT molecular complexity index is 1300. The number of hydrogen-bond donors (Lipinski definition) is 2. The Morgan fingerprint density at radius 2 is 1.97 bits per heavy atom. The van der Waals surface area contributed by atoms with Crippen LogP contribution in [0.4, 0.5) is 5.69 Å². The van der Waals surface area contributed by atoms with Crippen LogP contribution in [0.2, 0.25) is 0 Å². The van der Waals surface area contributed by atoms with Gasteiger partial charge in [-0.2, -0.15) is 0 Å². The molecular weight excluding hydrogens is 404 g/mol. The highest BCUT2D eigenvalue weighted by atomic mass is 16.5. The summed E-state index contributed by atoms with van der Waals surface area (Å²) in [5.41, 5.74) is 10.3. The molecule has 3 N–H and O–H groups in total. The molecule has 3 atom stereocenters. The van der Waals surface area contributed by atoms with Gasteiger partial charge in [0.2, 0.25) is 0 Å². The van der Waals surface area contributed by atoms with Crippen molar-refractivity contribution in [3.63, 3.8) is 0 Å². The van der Waals surface area contributed by atoms with Crippen LogP contribution in [0.3, 0.4) is 0 Å². The van der Waals surface area contributed by atoms with Gasteiger partial charge in [0.05, 0.1) is 11.0 Å². The molecule has 8 nitrogen and oxygen atoms in total. The van der Waals surface area contributed by atoms with Crippen molar-refractivity contribution in [3.05, 3.63) is 48.2 Å². The second kappa shape index (κ2) is 8.03. The van der Waals surface area contributed by atoms with Crippen molar-refractivity contribution in [2.24, 2.45) is 5.73 Å². The molecular formula is C24H28N6O2. The van der Waals surface area contributed by atoms with E-state index < -0.39 is 5.97 Å². The molecule has 3 aromatic heterocycles. The number of ether oxygens (including phenoxy) is 1. The van der Waals surface area contributed by atoms with Crippen molar-refractivity contribution in [1.29, 1.82) is 0 Å². The summed E-state index contributed by atoms with van der Waals surface area (Å²) < 4.78 is 7.46. The highest BCUT2D eigenvalue weighted by Crippen LogP contribution is 2.32. The van der Waals surface area contributed by atoms with Gasteiger partial charge in [0.25, 0.3) is 0 Å². The van der Waals surface area contributed by atoms with Gasteiger partial charge in [-0.1, -0.05) is 12.1 Å². The molecule has 32 heavy (non-hydrogen) atoms. The van der Waals surface area contributed by atoms with E-state index >= 15 is 0 Å². The number of para-hydroxylation sites is 2. The summed E-state index contributed by atoms with van der Waals surface area (Å²) in [5.74, 6) is -0.429. The zero-order valence-electron chi connectivity index (χ0n) is 18.6. The molecule has 5 rings (SSSR count). The summed E-state index contributed by atoms with van der Waals surface area (Å²) in [7, 11) is 0. The number of fused-ring (bicyclic) bond motifs is 5. The maximum atomic E-state index is 13.1. The predicted molar refractivity (Wildman–Crippen MR) is 126 cm³/mol. The molecule has 1 aromatic carbocycles. The van der Waals surface area contributed by atoms with Crippen molar-refractivity contribution in [2.75, 3.05) is 24.6 Å². The Kier molecular flexibility index (Phi) is 5.19. The first-order valence-corrected chi connectivity index (χ1v) is 11.0. The minimum absolute atomic E-state index is 0.149. The van der Waals surface area contributed by atoms with E-state index in [-0.39, 0.29) is 12.6 Å². The monoisotopic (exact) mass is 432 g/mol. The van der Waals surface area contributed by atoms with Crippen LogP contribution in [-0.4, -0.2) is 58.2 Å². The highest BCUT2D eigenvalue weighted by molar-refractivity contribution is 6.05. The third-order valence-corrected chi connectivity index (χ3v) is 5.84. The number of pyridine rings is 2. The van der Waals surface area contributed by atoms with Crippen molar-refractivity contribution >= 4 is 39.4 Å². The summed E-state index contributed by atoms with van der Waals surface area (Å²) in [6, 6.07) is 12.2. The number of carbonyl (C=O) groups is 1. The van der Waals surface area contributed by atoms with Gasteiger partial charge in [-0.05, 0) is 45.0 Å². The van der Waals surface area contributed by atoms with Crippen LogP contribution in [0.1, 0.15) is 31.1 Å². The fourth-order valence-electron chi connectivity index (χ4n) is 4.63. The lowest BCUT2D eigenvalue weighted by Gasteiger charge is -2.38. The molecule has 8 heteroatoms. The topological polar surface area (TPSA) is 97.8 Å². The molecule has 1 saturated heterocycles. The van der Waals surface area contributed by atoms with E-state index in [2.05, 4.69) is 24.1 Å². The van der Waals surface area contributed by atoms with Crippen LogP contribution in [0.5, 0.6) is 0 Å². The van der Waals surface area contributed by atoms with E-state index in [0.717, 1.165) is 40.8 Å². The number of benzene rings is 1. The predicted octanol–water partition coefficient (Wildman–Crippen LogP) is 2.73. The lowest BCUT2D eigenvalue weighted by atomic mass is 10.1. The average Bonchev–Trinajstić information content (AvgIpc) is 3.15. The van der Waals surface area contributed by atoms with E-state index in [9.17, 15) is 4.79 Å². The van der Waals surface area contributed by atoms with E-state index in [1.165, 1.54) is 0 Å². The number of hydrogen-bond acceptors (Lipinski definition) is 7. The van der Waals surface area contributed by atoms with E-state index in [0.29, 0.717) is 23.3 Å². The standard InChI is InChI=1S/C24H28N6O2/c1-14(25)13-32-24(31)18-10-17-20(29-11-15(2)27-16(3)12-29)8-9-26-22(17)30-21-7-5-4-6-19(21)28-23(18)30/h4-10,14-16,27H,11-13,25H2,1-3H3/t14?,15-,16+. The Morgan fingerprint density at radius 3 is 2.72 bits per heavy atom. The van der Waals surface area contributed by atoms with Crippen molar-refractivity contribution in [1.82, 2.24) is 19.7 Å². The molecule has 0 bridgehead atoms. The van der Waals surface area contributed by atoms with Crippen LogP contribution in [0.15, 0.2) is 42.6 Å². The molecule has 1 unspecified atom stereocenters. The molecule has 0 spiro atoms. The van der Waals surface area contributed by atoms with Crippen LogP contribution < -0.4 is 16.0 Å². The fraction of sp³-hybridized carbons (Fsp3) is 0.375. The van der Waals surface area contributed by atoms with Gasteiger partial charge in [0.15, 0.2) is 5.65 Å². The van der Waals surface area contributed by atoms with Crippen LogP contribution in [0.25, 0.3) is 27.7 Å². The zero-order valence-corrected chi connectivity index (χ0v) is 18.6. The first-order valence-electron chi connectivity index (χ1n) is 11.0. The minimum atomic E-state index is -0.429. The summed E-state index contributed by atoms with van der Waals surface area (Å²) in [6.45, 7) is 8.07. The van der Waals surface area contributed by atoms with E-state index in [1.54, 1.807) is 0 Å². The average molecular weight is 433 g/mol. The minimum Gasteiger partial charge on any atom is -0.460 e. The van der Waals surface area contributed by atoms with Crippen molar-refractivity contribution < 1.29 is 9.53 Å². The zero-order chi connectivity index (χ0) is 22.4. The molecule has 166 valence electrons. The maximum Gasteiger partial charge on any atom is 0.342 e. The number of piperazine rings is 1. The van der Waals surface area contributed by atoms with Gasteiger partial charge in [-0.3, -0.25) is 4.40 Å². The lowest BCUT2D eigenvalue weighted by Crippen LogP contribution is -2.54. The molecule has 0 aliphatic carbocycles. The van der Waals surface area contributed by atoms with Crippen LogP contribution in [-0.2, 0) is 4.74 Å². The SMILES string of the molecule is CC(N)COC(=O)c1cc2c(N3C[C@@H](C)N[C@@H](C)C3)ccnc2n2c1nc1ccccc12. The van der Waals surface area contributed by atoms with E-state index in [1.807, 2.05) is 53.9 Å². The second-order valence-corrected chi connectivity index (χ2v) is 8.83. The number of carbonyl (C=O) groups excluding carboxylic acids is 1. The van der Waals surface area contributed by atoms with Gasteiger partial charge in [-0.25, -0.2) is 14.8 Å². The van der Waals surface area contributed by atoms with Gasteiger partial charge in [0.1, 0.15) is 17.8 Å². The summed E-state index contributed by atoms with van der Waals surface area (Å²) in [4.78, 5) is 24.9. The molecule has 4 heterocycles. The summed E-state index contributed by atoms with van der Waals surface area (Å²) in [6.07, 6.45) is 1.83. The third kappa shape index (κ3) is 3.55. The van der Waals surface area contributed by atoms with Gasteiger partial charge < -0.3 is 20.7 Å². The van der Waals surface area contributed by atoms with Gasteiger partial charge in [-0.15, -0.1) is 0 Å². The first kappa shape index (κ1) is 20.7. The fourth-order valence-corrected chi connectivity index (χ4v) is 4.63. The molecule has 1 aliphatic rings. The van der Waals surface area contributed by atoms with Crippen LogP contribution in [0, 0.1) is 0 Å². The van der Waals surface area contributed by atoms with Gasteiger partial charge in [0, 0.05) is 48.5 Å². The number of anilines is 1. The number of imidazole rings is 1. The van der Waals surface area contributed by atoms with E-state index in [4.69, 9.17) is 20.4 Å². The lowest BCUT2D eigenvalue weighted by molar-refractivity contribution is 0.0489. The Morgan fingerprint density at radius 1 is 1.22 bits per heavy atom. The number of nitrogens with one attached hydrogen (secondary N) is 1. The smallest absolute Gasteiger partial charge is 0.342 e. The molecule has 1 fully saturated rings. The van der Waals surface area contributed by atoms with Crippen molar-refractivity contribution in [2.45, 2.75) is 38.9 Å². The number of rotatable bonds is 4. The first-order chi connectivity index (χ1) is 15.4. The Balaban J connectivity index is 1.77. The molecule has 4 aromatic rings. The molecule has 0 amide bonds. The molecule has 0 radical (unpaired) electrons. The van der Waals surface area contributed by atoms with Crippen LogP contribution >= 0.6 is 0 Å². The molecule has 0 saturated carbocycles. The second-order valence-electron chi connectivity index (χ2n) is 8.83. The Labute approximate surface area is 186 Å². The number of nitrogens with two attached hydrogens (primary N) is 1. The van der Waals surface area contributed by atoms with Crippen molar-refractivity contribution in [3.8, 4) is 0 Å². The number of aromatic nitrogens is 3. The quantitative estimate of drug-likeness (QED) is 0.479. The normalized spacial score (nSPS) is 20.2. The Hall–Kier alpha value is -3.23. The molecule has 1 aliphatic heterocycles. The summed E-state index contributed by atoms with van der Waals surface area (Å²) in [5, 5.41) is 4.48. The van der Waals surface area contributed by atoms with Gasteiger partial charge >= 0.3 is 5.97 Å².